The second-order valence-corrected chi connectivity index (χ2v) is 14.7. The predicted molar refractivity (Wildman–Crippen MR) is 223 cm³/mol. The number of hydrogen-bond donors (Lipinski definition) is 0. The molecule has 0 aliphatic carbocycles. The summed E-state index contributed by atoms with van der Waals surface area (Å²) < 4.78 is 8.79. The van der Waals surface area contributed by atoms with Crippen LogP contribution in [0.5, 0.6) is 0 Å². The lowest BCUT2D eigenvalue weighted by molar-refractivity contribution is 0.669. The van der Waals surface area contributed by atoms with Gasteiger partial charge in [0.1, 0.15) is 11.2 Å². The third-order valence-corrected chi connectivity index (χ3v) is 11.8. The van der Waals surface area contributed by atoms with Crippen molar-refractivity contribution in [2.45, 2.75) is 0 Å². The van der Waals surface area contributed by atoms with Gasteiger partial charge in [0, 0.05) is 30.9 Å². The Balaban J connectivity index is 1.05. The van der Waals surface area contributed by atoms with Crippen molar-refractivity contribution in [3.63, 3.8) is 0 Å². The topological polar surface area (TPSA) is 13.1 Å². The summed E-state index contributed by atoms with van der Waals surface area (Å²) in [7, 11) is 0. The second-order valence-electron chi connectivity index (χ2n) is 13.6. The largest absolute Gasteiger partial charge is 0.456 e. The Kier molecular flexibility index (Phi) is 6.49. The van der Waals surface area contributed by atoms with Crippen molar-refractivity contribution in [3.8, 4) is 44.5 Å². The van der Waals surface area contributed by atoms with Gasteiger partial charge in [-0.05, 0) is 96.4 Å². The SMILES string of the molecule is c1ccc(-c2ccc3oc4ccccc4c3c2)c(-c2ccc(-c3c4ccccc4c(-c4ccc5c(c4)sc4ccccc45)c4ccccc34)cc2)c1. The zero-order valence-corrected chi connectivity index (χ0v) is 29.0. The summed E-state index contributed by atoms with van der Waals surface area (Å²) in [5.41, 5.74) is 11.7. The van der Waals surface area contributed by atoms with Gasteiger partial charge in [0.15, 0.2) is 0 Å². The molecule has 2 heterocycles. The zero-order valence-electron chi connectivity index (χ0n) is 28.1. The van der Waals surface area contributed by atoms with Gasteiger partial charge < -0.3 is 4.42 Å². The number of benzene rings is 9. The number of thiophene rings is 1. The van der Waals surface area contributed by atoms with Gasteiger partial charge in [-0.2, -0.15) is 0 Å². The highest BCUT2D eigenvalue weighted by Gasteiger charge is 2.18. The average molecular weight is 679 g/mol. The molecule has 0 bridgehead atoms. The highest BCUT2D eigenvalue weighted by molar-refractivity contribution is 7.25. The van der Waals surface area contributed by atoms with Crippen LogP contribution in [-0.2, 0) is 0 Å². The van der Waals surface area contributed by atoms with Crippen molar-refractivity contribution < 1.29 is 4.42 Å². The number of para-hydroxylation sites is 1. The van der Waals surface area contributed by atoms with Crippen LogP contribution >= 0.6 is 11.3 Å². The van der Waals surface area contributed by atoms with E-state index < -0.39 is 0 Å². The van der Waals surface area contributed by atoms with Crippen LogP contribution in [0.25, 0.3) is 108 Å². The van der Waals surface area contributed by atoms with E-state index in [9.17, 15) is 0 Å². The van der Waals surface area contributed by atoms with Crippen LogP contribution in [-0.4, -0.2) is 0 Å². The molecule has 0 atom stereocenters. The van der Waals surface area contributed by atoms with E-state index in [1.165, 1.54) is 86.2 Å². The number of hydrogen-bond acceptors (Lipinski definition) is 2. The molecule has 242 valence electrons. The van der Waals surface area contributed by atoms with Gasteiger partial charge in [-0.25, -0.2) is 0 Å². The summed E-state index contributed by atoms with van der Waals surface area (Å²) in [5.74, 6) is 0. The molecule has 0 unspecified atom stereocenters. The molecule has 9 aromatic carbocycles. The van der Waals surface area contributed by atoms with Crippen LogP contribution in [0, 0.1) is 0 Å². The molecule has 2 aromatic heterocycles. The Morgan fingerprint density at radius 3 is 1.48 bits per heavy atom. The molecule has 0 saturated carbocycles. The average Bonchev–Trinajstić information content (AvgIpc) is 3.77. The lowest BCUT2D eigenvalue weighted by atomic mass is 9.85. The van der Waals surface area contributed by atoms with Crippen LogP contribution in [0.3, 0.4) is 0 Å². The summed E-state index contributed by atoms with van der Waals surface area (Å²) in [6.07, 6.45) is 0. The monoisotopic (exact) mass is 678 g/mol. The first-order chi connectivity index (χ1) is 25.8. The van der Waals surface area contributed by atoms with Crippen molar-refractivity contribution in [1.29, 1.82) is 0 Å². The van der Waals surface area contributed by atoms with Gasteiger partial charge in [-0.1, -0.05) is 152 Å². The summed E-state index contributed by atoms with van der Waals surface area (Å²) >= 11 is 1.88. The van der Waals surface area contributed by atoms with Crippen LogP contribution in [0.15, 0.2) is 186 Å². The number of rotatable bonds is 4. The van der Waals surface area contributed by atoms with E-state index in [1.807, 2.05) is 23.5 Å². The summed E-state index contributed by atoms with van der Waals surface area (Å²) in [5, 5.41) is 10.0. The third-order valence-electron chi connectivity index (χ3n) is 10.7. The van der Waals surface area contributed by atoms with E-state index in [-0.39, 0.29) is 0 Å². The van der Waals surface area contributed by atoms with E-state index >= 15 is 0 Å². The van der Waals surface area contributed by atoms with Crippen LogP contribution < -0.4 is 0 Å². The molecule has 0 saturated heterocycles. The van der Waals surface area contributed by atoms with E-state index in [1.54, 1.807) is 0 Å². The minimum Gasteiger partial charge on any atom is -0.456 e. The van der Waals surface area contributed by atoms with Crippen molar-refractivity contribution in [3.05, 3.63) is 182 Å². The lowest BCUT2D eigenvalue weighted by Crippen LogP contribution is -1.91. The Labute approximate surface area is 304 Å². The summed E-state index contributed by atoms with van der Waals surface area (Å²) in [6.45, 7) is 0. The van der Waals surface area contributed by atoms with Gasteiger partial charge >= 0.3 is 0 Å². The maximum absolute atomic E-state index is 6.14. The standard InChI is InChI=1S/C50H30OS/c1-2-12-36(33-26-28-46-44(29-33)37-13-7-9-19-45(37)51-46)35(11-1)31-21-23-32(24-22-31)49-40-15-3-5-17-42(40)50(43-18-6-4-16-41(43)49)34-25-27-39-38-14-8-10-20-47(38)52-48(39)30-34/h1-30H. The summed E-state index contributed by atoms with van der Waals surface area (Å²) in [6, 6.07) is 66.3. The van der Waals surface area contributed by atoms with Crippen molar-refractivity contribution in [2.24, 2.45) is 0 Å². The predicted octanol–water partition coefficient (Wildman–Crippen LogP) is 14.9. The molecule has 52 heavy (non-hydrogen) atoms. The van der Waals surface area contributed by atoms with Gasteiger partial charge in [-0.15, -0.1) is 11.3 Å². The first-order valence-corrected chi connectivity index (χ1v) is 18.6. The van der Waals surface area contributed by atoms with Crippen LogP contribution in [0.1, 0.15) is 0 Å². The molecule has 0 fully saturated rings. The minimum atomic E-state index is 0.915. The van der Waals surface area contributed by atoms with Crippen LogP contribution in [0.2, 0.25) is 0 Å². The molecule has 0 aliphatic heterocycles. The number of furan rings is 1. The fourth-order valence-electron chi connectivity index (χ4n) is 8.33. The van der Waals surface area contributed by atoms with Gasteiger partial charge in [0.2, 0.25) is 0 Å². The molecular formula is C50H30OS. The molecule has 1 nitrogen and oxygen atoms in total. The Morgan fingerprint density at radius 2 is 0.769 bits per heavy atom. The van der Waals surface area contributed by atoms with Crippen molar-refractivity contribution >= 4 is 75.0 Å². The van der Waals surface area contributed by atoms with E-state index in [0.29, 0.717) is 0 Å². The fraction of sp³-hybridized carbons (Fsp3) is 0. The Hall–Kier alpha value is -6.48. The molecule has 0 radical (unpaired) electrons. The normalized spacial score (nSPS) is 11.8. The van der Waals surface area contributed by atoms with Crippen LogP contribution in [0.4, 0.5) is 0 Å². The molecule has 11 rings (SSSR count). The van der Waals surface area contributed by atoms with E-state index in [4.69, 9.17) is 4.42 Å². The highest BCUT2D eigenvalue weighted by Crippen LogP contribution is 2.46. The molecule has 2 heteroatoms. The maximum Gasteiger partial charge on any atom is 0.135 e. The quantitative estimate of drug-likeness (QED) is 0.169. The molecule has 0 N–H and O–H groups in total. The molecule has 11 aromatic rings. The van der Waals surface area contributed by atoms with Gasteiger partial charge in [0.25, 0.3) is 0 Å². The molecule has 0 aliphatic rings. The summed E-state index contributed by atoms with van der Waals surface area (Å²) in [4.78, 5) is 0. The lowest BCUT2D eigenvalue weighted by Gasteiger charge is -2.18. The molecule has 0 spiro atoms. The number of fused-ring (bicyclic) bond motifs is 8. The van der Waals surface area contributed by atoms with E-state index in [0.717, 1.165) is 21.9 Å². The molecule has 0 amide bonds. The van der Waals surface area contributed by atoms with E-state index in [2.05, 4.69) is 170 Å². The Bertz CT molecular complexity index is 3120. The highest BCUT2D eigenvalue weighted by atomic mass is 32.1. The first-order valence-electron chi connectivity index (χ1n) is 17.8. The fourth-order valence-corrected chi connectivity index (χ4v) is 9.47. The minimum absolute atomic E-state index is 0.915. The van der Waals surface area contributed by atoms with Gasteiger partial charge in [0.05, 0.1) is 0 Å². The molecular weight excluding hydrogens is 649 g/mol. The smallest absolute Gasteiger partial charge is 0.135 e. The van der Waals surface area contributed by atoms with Gasteiger partial charge in [-0.3, -0.25) is 0 Å². The maximum atomic E-state index is 6.14. The first kappa shape index (κ1) is 29.3. The van der Waals surface area contributed by atoms with Crippen molar-refractivity contribution in [2.75, 3.05) is 0 Å². The Morgan fingerprint density at radius 1 is 0.288 bits per heavy atom. The zero-order chi connectivity index (χ0) is 34.2. The van der Waals surface area contributed by atoms with Crippen molar-refractivity contribution in [1.82, 2.24) is 0 Å². The second kappa shape index (κ2) is 11.5. The third kappa shape index (κ3) is 4.48.